The summed E-state index contributed by atoms with van der Waals surface area (Å²) in [7, 11) is -7.31. The van der Waals surface area contributed by atoms with E-state index < -0.39 is 45.5 Å². The van der Waals surface area contributed by atoms with Crippen molar-refractivity contribution in [3.8, 4) is 0 Å². The van der Waals surface area contributed by atoms with Crippen LogP contribution in [-0.2, 0) is 18.0 Å². The van der Waals surface area contributed by atoms with Gasteiger partial charge in [-0.2, -0.15) is 4.98 Å². The van der Waals surface area contributed by atoms with Crippen molar-refractivity contribution < 1.29 is 18.0 Å². The van der Waals surface area contributed by atoms with E-state index in [1.54, 1.807) is 10.8 Å². The molecule has 1 aliphatic heterocycles. The van der Waals surface area contributed by atoms with Gasteiger partial charge in [0.25, 0.3) is 0 Å². The van der Waals surface area contributed by atoms with E-state index in [4.69, 9.17) is 18.0 Å². The number of hydrogen-bond donors (Lipinski definition) is 1. The van der Waals surface area contributed by atoms with Gasteiger partial charge in [0.15, 0.2) is 31.2 Å². The quantitative estimate of drug-likeness (QED) is 0.439. The third-order valence-electron chi connectivity index (χ3n) is 4.55. The number of nitrogens with zero attached hydrogens (tertiary/aromatic N) is 2. The largest absolute Gasteiger partial charge is 0.415 e. The van der Waals surface area contributed by atoms with Crippen molar-refractivity contribution >= 4 is 39.0 Å². The van der Waals surface area contributed by atoms with Gasteiger partial charge in [-0.15, -0.1) is 0 Å². The fraction of sp³-hybridized carbons (Fsp3) is 0.810. The first-order chi connectivity index (χ1) is 14.7. The normalized spacial score (nSPS) is 24.8. The minimum atomic E-state index is -1.98. The molecule has 0 spiro atoms. The summed E-state index contributed by atoms with van der Waals surface area (Å²) in [5.74, 6) is 0.601. The van der Waals surface area contributed by atoms with E-state index in [9.17, 15) is 4.79 Å². The lowest BCUT2D eigenvalue weighted by molar-refractivity contribution is -0.0496. The second kappa shape index (κ2) is 10.2. The molecule has 1 N–H and O–H groups in total. The van der Waals surface area contributed by atoms with Gasteiger partial charge in [0.1, 0.15) is 32.4 Å². The highest BCUT2D eigenvalue weighted by atomic mass is 28.4. The SMILES string of the molecule is C[Si](C)(C)Nc1ccn(C2OC(CO[Si](C)(C)C)C(O[Si](C)(C)C)C2O[Si](C)(C)C)c(=O)n1. The van der Waals surface area contributed by atoms with Gasteiger partial charge >= 0.3 is 5.69 Å². The Kier molecular flexibility index (Phi) is 8.82. The Bertz CT molecular complexity index is 856. The Morgan fingerprint density at radius 1 is 0.909 bits per heavy atom. The summed E-state index contributed by atoms with van der Waals surface area (Å²) in [4.78, 5) is 20.8. The zero-order valence-corrected chi connectivity index (χ0v) is 26.6. The van der Waals surface area contributed by atoms with Crippen LogP contribution in [0.3, 0.4) is 0 Å². The van der Waals surface area contributed by atoms with Gasteiger partial charge in [-0.25, -0.2) is 4.79 Å². The average molecular weight is 532 g/mol. The molecule has 0 saturated carbocycles. The number of anilines is 1. The predicted octanol–water partition coefficient (Wildman–Crippen LogP) is 4.68. The van der Waals surface area contributed by atoms with Crippen molar-refractivity contribution in [3.05, 3.63) is 22.7 Å². The third kappa shape index (κ3) is 9.51. The maximum Gasteiger partial charge on any atom is 0.351 e. The Morgan fingerprint density at radius 2 is 1.45 bits per heavy atom. The lowest BCUT2D eigenvalue weighted by Crippen LogP contribution is -2.49. The van der Waals surface area contributed by atoms with Crippen molar-refractivity contribution in [3.63, 3.8) is 0 Å². The van der Waals surface area contributed by atoms with E-state index in [2.05, 4.69) is 88.5 Å². The lowest BCUT2D eigenvalue weighted by Gasteiger charge is -2.34. The molecule has 0 aliphatic carbocycles. The molecule has 1 aliphatic rings. The molecule has 1 saturated heterocycles. The molecule has 190 valence electrons. The highest BCUT2D eigenvalue weighted by Gasteiger charge is 2.50. The van der Waals surface area contributed by atoms with E-state index in [1.165, 1.54) is 0 Å². The summed E-state index contributed by atoms with van der Waals surface area (Å²) >= 11 is 0. The second-order valence-electron chi connectivity index (χ2n) is 12.8. The molecular weight excluding hydrogens is 487 g/mol. The van der Waals surface area contributed by atoms with Gasteiger partial charge < -0.3 is 23.0 Å². The molecular formula is C21H45N3O5Si4. The Labute approximate surface area is 203 Å². The molecule has 0 amide bonds. The van der Waals surface area contributed by atoms with Crippen molar-refractivity contribution in [2.24, 2.45) is 0 Å². The average Bonchev–Trinajstić information content (AvgIpc) is 2.85. The summed E-state index contributed by atoms with van der Waals surface area (Å²) in [6.45, 7) is 26.3. The maximum absolute atomic E-state index is 13.1. The van der Waals surface area contributed by atoms with E-state index in [0.29, 0.717) is 12.4 Å². The number of rotatable bonds is 10. The van der Waals surface area contributed by atoms with Crippen molar-refractivity contribution in [1.29, 1.82) is 0 Å². The maximum atomic E-state index is 13.1. The summed E-state index contributed by atoms with van der Waals surface area (Å²) in [5, 5.41) is 0. The van der Waals surface area contributed by atoms with Crippen LogP contribution in [0.4, 0.5) is 5.82 Å². The number of hydrogen-bond acceptors (Lipinski definition) is 7. The van der Waals surface area contributed by atoms with Crippen LogP contribution in [0.2, 0.25) is 78.6 Å². The molecule has 4 atom stereocenters. The first-order valence-corrected chi connectivity index (χ1v) is 25.5. The summed E-state index contributed by atoms with van der Waals surface area (Å²) in [6, 6.07) is 1.84. The van der Waals surface area contributed by atoms with Gasteiger partial charge in [0.05, 0.1) is 6.61 Å². The van der Waals surface area contributed by atoms with Gasteiger partial charge in [-0.3, -0.25) is 4.57 Å². The third-order valence-corrected chi connectivity index (χ3v) is 8.55. The van der Waals surface area contributed by atoms with E-state index in [0.717, 1.165) is 0 Å². The van der Waals surface area contributed by atoms with Gasteiger partial charge in [-0.1, -0.05) is 19.6 Å². The highest BCUT2D eigenvalue weighted by Crippen LogP contribution is 2.37. The molecule has 8 nitrogen and oxygen atoms in total. The van der Waals surface area contributed by atoms with Gasteiger partial charge in [0.2, 0.25) is 0 Å². The molecule has 1 fully saturated rings. The van der Waals surface area contributed by atoms with E-state index >= 15 is 0 Å². The molecule has 0 aromatic carbocycles. The molecule has 1 aromatic heterocycles. The van der Waals surface area contributed by atoms with Crippen LogP contribution in [-0.4, -0.2) is 67.7 Å². The van der Waals surface area contributed by atoms with Crippen LogP contribution >= 0.6 is 0 Å². The molecule has 2 rings (SSSR count). The van der Waals surface area contributed by atoms with Crippen molar-refractivity contribution in [1.82, 2.24) is 9.55 Å². The zero-order chi connectivity index (χ0) is 25.4. The van der Waals surface area contributed by atoms with E-state index in [-0.39, 0.29) is 17.9 Å². The number of aromatic nitrogens is 2. The van der Waals surface area contributed by atoms with Crippen LogP contribution in [0.15, 0.2) is 17.1 Å². The fourth-order valence-corrected chi connectivity index (χ4v) is 7.28. The van der Waals surface area contributed by atoms with Crippen LogP contribution in [0.1, 0.15) is 6.23 Å². The van der Waals surface area contributed by atoms with Gasteiger partial charge in [-0.05, 0) is 65.0 Å². The molecule has 4 unspecified atom stereocenters. The molecule has 1 aromatic rings. The first-order valence-electron chi connectivity index (χ1n) is 11.8. The van der Waals surface area contributed by atoms with E-state index in [1.807, 2.05) is 6.07 Å². The molecule has 0 radical (unpaired) electrons. The summed E-state index contributed by atoms with van der Waals surface area (Å²) < 4.78 is 27.5. The zero-order valence-electron chi connectivity index (χ0n) is 22.6. The standard InChI is InChI=1S/C21H45N3O5Si4/c1-30(2,3)23-17-13-14-24(21(25)22-17)20-19(29-33(10,11)12)18(28-32(7,8)9)16(27-20)15-26-31(4,5)6/h13-14,16,18-20H,15H2,1-12H3,(H,22,23,25). The van der Waals surface area contributed by atoms with Crippen molar-refractivity contribution in [2.45, 2.75) is 103 Å². The molecule has 0 bridgehead atoms. The number of nitrogens with one attached hydrogen (secondary N) is 1. The minimum Gasteiger partial charge on any atom is -0.415 e. The smallest absolute Gasteiger partial charge is 0.351 e. The fourth-order valence-electron chi connectivity index (χ4n) is 3.54. The molecule has 2 heterocycles. The summed E-state index contributed by atoms with van der Waals surface area (Å²) in [5.41, 5.74) is -0.356. The Morgan fingerprint density at radius 3 is 1.91 bits per heavy atom. The van der Waals surface area contributed by atoms with Crippen LogP contribution < -0.4 is 10.7 Å². The topological polar surface area (TPSA) is 83.8 Å². The van der Waals surface area contributed by atoms with Crippen LogP contribution in [0.5, 0.6) is 0 Å². The monoisotopic (exact) mass is 531 g/mol. The number of ether oxygens (including phenoxy) is 1. The van der Waals surface area contributed by atoms with Crippen LogP contribution in [0, 0.1) is 0 Å². The van der Waals surface area contributed by atoms with Crippen molar-refractivity contribution in [2.75, 3.05) is 11.6 Å². The van der Waals surface area contributed by atoms with Gasteiger partial charge in [0, 0.05) is 6.20 Å². The van der Waals surface area contributed by atoms with Crippen LogP contribution in [0.25, 0.3) is 0 Å². The lowest BCUT2D eigenvalue weighted by atomic mass is 10.1. The highest BCUT2D eigenvalue weighted by molar-refractivity contribution is 6.79. The Hall–Kier alpha value is -0.612. The summed E-state index contributed by atoms with van der Waals surface area (Å²) in [6.07, 6.45) is 0.109. The first kappa shape index (κ1) is 28.6. The molecule has 12 heteroatoms. The minimum absolute atomic E-state index is 0.309. The molecule has 33 heavy (non-hydrogen) atoms. The predicted molar refractivity (Wildman–Crippen MR) is 145 cm³/mol. The second-order valence-corrected chi connectivity index (χ2v) is 30.9. The Balaban J connectivity index is 2.46.